The van der Waals surface area contributed by atoms with Gasteiger partial charge in [-0.15, -0.1) is 22.7 Å². The summed E-state index contributed by atoms with van der Waals surface area (Å²) < 4.78 is 2.61. The van der Waals surface area contributed by atoms with E-state index in [4.69, 9.17) is 0 Å². The summed E-state index contributed by atoms with van der Waals surface area (Å²) in [5.74, 6) is 0. The van der Waals surface area contributed by atoms with E-state index in [0.717, 1.165) is 0 Å². The molecule has 2 aromatic heterocycles. The molecular weight excluding hydrogens is 908 g/mol. The van der Waals surface area contributed by atoms with E-state index in [9.17, 15) is 0 Å². The van der Waals surface area contributed by atoms with E-state index in [-0.39, 0.29) is 17.5 Å². The van der Waals surface area contributed by atoms with Gasteiger partial charge in [0.2, 0.25) is 0 Å². The highest BCUT2D eigenvalue weighted by molar-refractivity contribution is 7.18. The highest BCUT2D eigenvalue weighted by Crippen LogP contribution is 2.51. The van der Waals surface area contributed by atoms with Crippen molar-refractivity contribution in [2.75, 3.05) is 9.80 Å². The minimum absolute atomic E-state index is 0.0393. The van der Waals surface area contributed by atoms with Crippen molar-refractivity contribution in [3.8, 4) is 44.5 Å². The molecule has 0 atom stereocenters. The van der Waals surface area contributed by atoms with E-state index >= 15 is 0 Å². The summed E-state index contributed by atoms with van der Waals surface area (Å²) in [5.41, 5.74) is 24.8. The van der Waals surface area contributed by atoms with Crippen LogP contribution in [0.2, 0.25) is 0 Å². The Morgan fingerprint density at radius 1 is 0.361 bits per heavy atom. The van der Waals surface area contributed by atoms with Crippen LogP contribution < -0.4 is 26.2 Å². The maximum absolute atomic E-state index is 2.61. The molecule has 0 aliphatic carbocycles. The first kappa shape index (κ1) is 44.5. The predicted octanol–water partition coefficient (Wildman–Crippen LogP) is 17.8. The van der Waals surface area contributed by atoms with Crippen molar-refractivity contribution in [3.63, 3.8) is 0 Å². The van der Waals surface area contributed by atoms with E-state index in [1.54, 1.807) is 0 Å². The number of thiophene rings is 2. The Kier molecular flexibility index (Phi) is 10.4. The number of aryl methyl sites for hydroxylation is 1. The lowest BCUT2D eigenvalue weighted by Gasteiger charge is -2.45. The highest BCUT2D eigenvalue weighted by Gasteiger charge is 2.45. The molecule has 4 heterocycles. The third-order valence-corrected chi connectivity index (χ3v) is 17.1. The van der Waals surface area contributed by atoms with Gasteiger partial charge in [0.15, 0.2) is 0 Å². The van der Waals surface area contributed by atoms with Gasteiger partial charge in [-0.2, -0.15) is 0 Å². The number of fused-ring (bicyclic) bond motifs is 6. The fourth-order valence-corrected chi connectivity index (χ4v) is 13.4. The van der Waals surface area contributed by atoms with Gasteiger partial charge >= 0.3 is 0 Å². The molecule has 13 rings (SSSR count). The van der Waals surface area contributed by atoms with Crippen LogP contribution in [-0.2, 0) is 10.8 Å². The lowest BCUT2D eigenvalue weighted by atomic mass is 9.33. The molecular formula is C67H55BN2S2. The van der Waals surface area contributed by atoms with Crippen molar-refractivity contribution < 1.29 is 0 Å². The van der Waals surface area contributed by atoms with Gasteiger partial charge in [0.25, 0.3) is 6.71 Å². The second kappa shape index (κ2) is 16.8. The minimum Gasteiger partial charge on any atom is -0.311 e. The molecule has 2 nitrogen and oxygen atoms in total. The van der Waals surface area contributed by atoms with Crippen LogP contribution in [0, 0.1) is 6.92 Å². The summed E-state index contributed by atoms with van der Waals surface area (Å²) in [4.78, 5) is 5.23. The molecule has 0 bridgehead atoms. The van der Waals surface area contributed by atoms with Crippen LogP contribution in [0.5, 0.6) is 0 Å². The Morgan fingerprint density at radius 3 is 1.19 bits per heavy atom. The fraction of sp³-hybridized carbons (Fsp3) is 0.134. The lowest BCUT2D eigenvalue weighted by Crippen LogP contribution is -2.61. The van der Waals surface area contributed by atoms with Crippen LogP contribution in [0.3, 0.4) is 0 Å². The van der Waals surface area contributed by atoms with Gasteiger partial charge in [0.05, 0.1) is 11.4 Å². The van der Waals surface area contributed by atoms with E-state index in [0.29, 0.717) is 0 Å². The first-order valence-electron chi connectivity index (χ1n) is 25.2. The number of hydrogen-bond donors (Lipinski definition) is 0. The van der Waals surface area contributed by atoms with Crippen LogP contribution in [0.4, 0.5) is 34.1 Å². The third kappa shape index (κ3) is 7.27. The van der Waals surface area contributed by atoms with Gasteiger partial charge < -0.3 is 9.80 Å². The van der Waals surface area contributed by atoms with Crippen LogP contribution in [0.1, 0.15) is 58.2 Å². The topological polar surface area (TPSA) is 6.48 Å². The van der Waals surface area contributed by atoms with Crippen molar-refractivity contribution in [1.29, 1.82) is 0 Å². The Hall–Kier alpha value is -7.44. The minimum atomic E-state index is -0.0779. The molecule has 0 unspecified atom stereocenters. The average molecular weight is 963 g/mol. The molecule has 11 aromatic rings. The molecule has 0 spiro atoms. The van der Waals surface area contributed by atoms with Crippen LogP contribution in [0.15, 0.2) is 205 Å². The van der Waals surface area contributed by atoms with Gasteiger partial charge in [0.1, 0.15) is 0 Å². The zero-order chi connectivity index (χ0) is 49.0. The largest absolute Gasteiger partial charge is 0.311 e. The average Bonchev–Trinajstić information content (AvgIpc) is 4.03. The third-order valence-electron chi connectivity index (χ3n) is 15.2. The number of anilines is 6. The van der Waals surface area contributed by atoms with Gasteiger partial charge in [-0.05, 0) is 145 Å². The van der Waals surface area contributed by atoms with E-state index in [2.05, 4.69) is 263 Å². The molecule has 0 amide bonds. The molecule has 2 aliphatic heterocycles. The molecule has 0 radical (unpaired) electrons. The monoisotopic (exact) mass is 962 g/mol. The predicted molar refractivity (Wildman–Crippen MR) is 315 cm³/mol. The quantitative estimate of drug-likeness (QED) is 0.153. The summed E-state index contributed by atoms with van der Waals surface area (Å²) in [6, 6.07) is 73.8. The van der Waals surface area contributed by atoms with Gasteiger partial charge in [-0.25, -0.2) is 0 Å². The molecule has 0 fully saturated rings. The normalized spacial score (nSPS) is 13.1. The number of hydrogen-bond acceptors (Lipinski definition) is 4. The lowest BCUT2D eigenvalue weighted by molar-refractivity contribution is 0.590. The second-order valence-corrected chi connectivity index (χ2v) is 23.7. The SMILES string of the molecule is Cc1cc2c3c(c1)N(c1ccc(C(C)(C)C)cc1-c1ccccc1)c1ccc(-c4csc5ccccc45)cc1B3c1cc(-c3csc4ccccc34)ccc1N2c1ccc(C(C)(C)C)cc1-c1ccccc1. The Morgan fingerprint density at radius 2 is 0.764 bits per heavy atom. The van der Waals surface area contributed by atoms with Crippen molar-refractivity contribution in [1.82, 2.24) is 0 Å². The number of rotatable bonds is 6. The molecule has 72 heavy (non-hydrogen) atoms. The first-order chi connectivity index (χ1) is 34.9. The summed E-state index contributed by atoms with van der Waals surface area (Å²) >= 11 is 3.66. The number of nitrogens with zero attached hydrogens (tertiary/aromatic N) is 2. The molecule has 2 aliphatic rings. The highest BCUT2D eigenvalue weighted by atomic mass is 32.1. The molecule has 0 saturated carbocycles. The van der Waals surface area contributed by atoms with Crippen molar-refractivity contribution >= 4 is 100 Å². The van der Waals surface area contributed by atoms with E-state index in [1.165, 1.54) is 132 Å². The van der Waals surface area contributed by atoms with Crippen molar-refractivity contribution in [2.24, 2.45) is 0 Å². The van der Waals surface area contributed by atoms with Gasteiger partial charge in [-0.1, -0.05) is 175 Å². The Balaban J connectivity index is 1.15. The van der Waals surface area contributed by atoms with E-state index in [1.807, 2.05) is 22.7 Å². The summed E-state index contributed by atoms with van der Waals surface area (Å²) in [5, 5.41) is 7.31. The molecule has 0 N–H and O–H groups in total. The molecule has 5 heteroatoms. The standard InChI is InChI=1S/C67H55BN2S2/c1-42-34-61-65-62(35-42)70(58-33-29-48(67(5,6)7)39-52(58)44-20-12-9-13-21-44)60-31-27-46(54-41-72-64-25-17-15-23-50(54)64)37-56(60)68(65)55-36-45(53-40-71-63-24-16-14-22-49(53)63)26-30-59(55)69(61)57-32-28-47(66(2,3)4)38-51(57)43-18-10-8-11-19-43/h8-41H,1-7H3. The maximum Gasteiger partial charge on any atom is 0.252 e. The van der Waals surface area contributed by atoms with Crippen LogP contribution in [-0.4, -0.2) is 6.71 Å². The number of benzene rings is 9. The fourth-order valence-electron chi connectivity index (χ4n) is 11.5. The molecule has 348 valence electrons. The summed E-state index contributed by atoms with van der Waals surface area (Å²) in [6.07, 6.45) is 0. The Labute approximate surface area is 432 Å². The molecule has 9 aromatic carbocycles. The zero-order valence-electron chi connectivity index (χ0n) is 41.9. The van der Waals surface area contributed by atoms with Crippen molar-refractivity contribution in [2.45, 2.75) is 59.3 Å². The summed E-state index contributed by atoms with van der Waals surface area (Å²) in [6.45, 7) is 16.1. The van der Waals surface area contributed by atoms with Gasteiger partial charge in [-0.3, -0.25) is 0 Å². The second-order valence-electron chi connectivity index (χ2n) is 21.9. The smallest absolute Gasteiger partial charge is 0.252 e. The first-order valence-corrected chi connectivity index (χ1v) is 27.0. The maximum atomic E-state index is 2.61. The van der Waals surface area contributed by atoms with Gasteiger partial charge in [0, 0.05) is 65.2 Å². The molecule has 0 saturated heterocycles. The Bertz CT molecular complexity index is 3670. The van der Waals surface area contributed by atoms with Crippen LogP contribution >= 0.6 is 22.7 Å². The van der Waals surface area contributed by atoms with E-state index < -0.39 is 0 Å². The zero-order valence-corrected chi connectivity index (χ0v) is 43.6. The van der Waals surface area contributed by atoms with Crippen molar-refractivity contribution in [3.05, 3.63) is 222 Å². The van der Waals surface area contributed by atoms with Crippen LogP contribution in [0.25, 0.3) is 64.7 Å². The summed E-state index contributed by atoms with van der Waals surface area (Å²) in [7, 11) is 0.